The van der Waals surface area contributed by atoms with Gasteiger partial charge in [0.1, 0.15) is 0 Å². The zero-order valence-electron chi connectivity index (χ0n) is 9.81. The summed E-state index contributed by atoms with van der Waals surface area (Å²) in [6.07, 6.45) is 0.737. The minimum absolute atomic E-state index is 0.367. The van der Waals surface area contributed by atoms with Crippen molar-refractivity contribution in [1.82, 2.24) is 0 Å². The number of benzene rings is 2. The van der Waals surface area contributed by atoms with Crippen molar-refractivity contribution in [2.75, 3.05) is 0 Å². The fraction of sp³-hybridized carbons (Fsp3) is 0.133. The second-order valence-electron chi connectivity index (χ2n) is 4.19. The number of carbonyl (C=O) groups is 1. The van der Waals surface area contributed by atoms with Crippen molar-refractivity contribution < 1.29 is 4.79 Å². The van der Waals surface area contributed by atoms with Gasteiger partial charge in [0.2, 0.25) is 5.91 Å². The molecule has 0 unspecified atom stereocenters. The van der Waals surface area contributed by atoms with Crippen LogP contribution in [0.1, 0.15) is 27.0 Å². The number of primary amides is 1. The van der Waals surface area contributed by atoms with Crippen LogP contribution in [0.5, 0.6) is 0 Å². The van der Waals surface area contributed by atoms with Crippen molar-refractivity contribution in [2.45, 2.75) is 13.3 Å². The van der Waals surface area contributed by atoms with Crippen LogP contribution in [-0.2, 0) is 6.42 Å². The van der Waals surface area contributed by atoms with Crippen molar-refractivity contribution in [3.05, 3.63) is 70.8 Å². The Kier molecular flexibility index (Phi) is 3.24. The van der Waals surface area contributed by atoms with Crippen LogP contribution in [0.2, 0.25) is 0 Å². The summed E-state index contributed by atoms with van der Waals surface area (Å²) < 4.78 is 0. The van der Waals surface area contributed by atoms with Gasteiger partial charge in [0.25, 0.3) is 0 Å². The number of amides is 1. The SMILES string of the molecule is Cc1cccc(Cc2ccccc2C(N)=O)c1. The summed E-state index contributed by atoms with van der Waals surface area (Å²) in [5, 5.41) is 0. The van der Waals surface area contributed by atoms with Gasteiger partial charge in [0.05, 0.1) is 0 Å². The molecule has 2 nitrogen and oxygen atoms in total. The molecule has 0 saturated heterocycles. The van der Waals surface area contributed by atoms with Crippen LogP contribution in [-0.4, -0.2) is 5.91 Å². The molecule has 17 heavy (non-hydrogen) atoms. The molecule has 2 aromatic rings. The second-order valence-corrected chi connectivity index (χ2v) is 4.19. The Morgan fingerprint density at radius 3 is 2.59 bits per heavy atom. The van der Waals surface area contributed by atoms with Crippen LogP contribution < -0.4 is 5.73 Å². The van der Waals surface area contributed by atoms with E-state index in [1.807, 2.05) is 24.3 Å². The van der Waals surface area contributed by atoms with Gasteiger partial charge in [-0.25, -0.2) is 0 Å². The van der Waals surface area contributed by atoms with Gasteiger partial charge in [0.15, 0.2) is 0 Å². The number of rotatable bonds is 3. The largest absolute Gasteiger partial charge is 0.366 e. The lowest BCUT2D eigenvalue weighted by molar-refractivity contribution is 0.0999. The molecule has 0 saturated carbocycles. The Morgan fingerprint density at radius 1 is 1.12 bits per heavy atom. The molecule has 2 rings (SSSR count). The maximum atomic E-state index is 11.3. The van der Waals surface area contributed by atoms with E-state index in [9.17, 15) is 4.79 Å². The molecular formula is C15H15NO. The van der Waals surface area contributed by atoms with Crippen LogP contribution in [0.3, 0.4) is 0 Å². The van der Waals surface area contributed by atoms with Gasteiger partial charge in [-0.2, -0.15) is 0 Å². The zero-order valence-corrected chi connectivity index (χ0v) is 9.81. The third-order valence-corrected chi connectivity index (χ3v) is 2.76. The molecule has 0 bridgehead atoms. The molecule has 0 aliphatic rings. The predicted octanol–water partition coefficient (Wildman–Crippen LogP) is 2.68. The van der Waals surface area contributed by atoms with Crippen LogP contribution in [0, 0.1) is 6.92 Å². The lowest BCUT2D eigenvalue weighted by Gasteiger charge is -2.07. The molecule has 0 aliphatic heterocycles. The summed E-state index contributed by atoms with van der Waals surface area (Å²) in [5.41, 5.74) is 9.36. The van der Waals surface area contributed by atoms with E-state index in [0.29, 0.717) is 5.56 Å². The lowest BCUT2D eigenvalue weighted by Crippen LogP contribution is -2.13. The monoisotopic (exact) mass is 225 g/mol. The molecule has 1 amide bonds. The molecule has 86 valence electrons. The van der Waals surface area contributed by atoms with Gasteiger partial charge in [-0.05, 0) is 30.5 Å². The molecule has 2 aromatic carbocycles. The summed E-state index contributed by atoms with van der Waals surface area (Å²) in [6.45, 7) is 2.06. The van der Waals surface area contributed by atoms with Crippen molar-refractivity contribution in [3.63, 3.8) is 0 Å². The minimum Gasteiger partial charge on any atom is -0.366 e. The van der Waals surface area contributed by atoms with Crippen LogP contribution in [0.25, 0.3) is 0 Å². The van der Waals surface area contributed by atoms with E-state index in [1.54, 1.807) is 6.07 Å². The first-order chi connectivity index (χ1) is 8.16. The molecule has 0 aromatic heterocycles. The van der Waals surface area contributed by atoms with Crippen molar-refractivity contribution in [2.24, 2.45) is 5.73 Å². The van der Waals surface area contributed by atoms with E-state index in [4.69, 9.17) is 5.73 Å². The van der Waals surface area contributed by atoms with E-state index in [0.717, 1.165) is 12.0 Å². The molecule has 0 heterocycles. The summed E-state index contributed by atoms with van der Waals surface area (Å²) in [4.78, 5) is 11.3. The van der Waals surface area contributed by atoms with Crippen LogP contribution in [0.4, 0.5) is 0 Å². The van der Waals surface area contributed by atoms with Gasteiger partial charge in [-0.3, -0.25) is 4.79 Å². The fourth-order valence-corrected chi connectivity index (χ4v) is 1.96. The van der Waals surface area contributed by atoms with Crippen molar-refractivity contribution in [3.8, 4) is 0 Å². The van der Waals surface area contributed by atoms with E-state index < -0.39 is 0 Å². The first-order valence-corrected chi connectivity index (χ1v) is 5.60. The van der Waals surface area contributed by atoms with E-state index >= 15 is 0 Å². The Balaban J connectivity index is 2.33. The number of hydrogen-bond acceptors (Lipinski definition) is 1. The highest BCUT2D eigenvalue weighted by atomic mass is 16.1. The third-order valence-electron chi connectivity index (χ3n) is 2.76. The quantitative estimate of drug-likeness (QED) is 0.857. The Labute approximate surface area is 101 Å². The highest BCUT2D eigenvalue weighted by molar-refractivity contribution is 5.94. The van der Waals surface area contributed by atoms with E-state index in [2.05, 4.69) is 25.1 Å². The zero-order chi connectivity index (χ0) is 12.3. The smallest absolute Gasteiger partial charge is 0.248 e. The number of hydrogen-bond donors (Lipinski definition) is 1. The minimum atomic E-state index is -0.367. The van der Waals surface area contributed by atoms with Gasteiger partial charge in [-0.15, -0.1) is 0 Å². The van der Waals surface area contributed by atoms with Gasteiger partial charge < -0.3 is 5.73 Å². The molecule has 0 fully saturated rings. The lowest BCUT2D eigenvalue weighted by atomic mass is 9.98. The Bertz CT molecular complexity index is 546. The molecule has 0 spiro atoms. The van der Waals surface area contributed by atoms with Crippen molar-refractivity contribution in [1.29, 1.82) is 0 Å². The highest BCUT2D eigenvalue weighted by Gasteiger charge is 2.07. The maximum absolute atomic E-state index is 11.3. The van der Waals surface area contributed by atoms with Crippen molar-refractivity contribution >= 4 is 5.91 Å². The van der Waals surface area contributed by atoms with Crippen LogP contribution >= 0.6 is 0 Å². The van der Waals surface area contributed by atoms with Gasteiger partial charge in [0, 0.05) is 5.56 Å². The van der Waals surface area contributed by atoms with Gasteiger partial charge in [-0.1, -0.05) is 48.0 Å². The molecule has 0 aliphatic carbocycles. The normalized spacial score (nSPS) is 10.2. The summed E-state index contributed by atoms with van der Waals surface area (Å²) in [5.74, 6) is -0.367. The Hall–Kier alpha value is -2.09. The first-order valence-electron chi connectivity index (χ1n) is 5.60. The second kappa shape index (κ2) is 4.83. The molecular weight excluding hydrogens is 210 g/mol. The maximum Gasteiger partial charge on any atom is 0.248 e. The average Bonchev–Trinajstić information content (AvgIpc) is 2.29. The van der Waals surface area contributed by atoms with Crippen LogP contribution in [0.15, 0.2) is 48.5 Å². The summed E-state index contributed by atoms with van der Waals surface area (Å²) in [6, 6.07) is 15.7. The molecule has 2 N–H and O–H groups in total. The third kappa shape index (κ3) is 2.72. The van der Waals surface area contributed by atoms with E-state index in [-0.39, 0.29) is 5.91 Å². The summed E-state index contributed by atoms with van der Waals surface area (Å²) in [7, 11) is 0. The predicted molar refractivity (Wildman–Crippen MR) is 68.9 cm³/mol. The molecule has 0 radical (unpaired) electrons. The van der Waals surface area contributed by atoms with Gasteiger partial charge >= 0.3 is 0 Å². The number of carbonyl (C=O) groups excluding carboxylic acids is 1. The summed E-state index contributed by atoms with van der Waals surface area (Å²) >= 11 is 0. The standard InChI is InChI=1S/C15H15NO/c1-11-5-4-6-12(9-11)10-13-7-2-3-8-14(13)15(16)17/h2-9H,10H2,1H3,(H2,16,17). The first kappa shape index (κ1) is 11.4. The number of aryl methyl sites for hydroxylation is 1. The Morgan fingerprint density at radius 2 is 1.88 bits per heavy atom. The highest BCUT2D eigenvalue weighted by Crippen LogP contribution is 2.15. The average molecular weight is 225 g/mol. The molecule has 0 atom stereocenters. The fourth-order valence-electron chi connectivity index (χ4n) is 1.96. The number of nitrogens with two attached hydrogens (primary N) is 1. The van der Waals surface area contributed by atoms with E-state index in [1.165, 1.54) is 11.1 Å². The molecule has 2 heteroatoms. The topological polar surface area (TPSA) is 43.1 Å².